The lowest BCUT2D eigenvalue weighted by atomic mass is 10.0. The normalized spacial score (nSPS) is 22.1. The molecule has 1 N–H and O–H groups in total. The van der Waals surface area contributed by atoms with E-state index in [0.717, 1.165) is 25.2 Å². The molecule has 88 valence electrons. The lowest BCUT2D eigenvalue weighted by molar-refractivity contribution is 0.183. The van der Waals surface area contributed by atoms with Crippen LogP contribution in [0, 0.1) is 18.7 Å². The number of ether oxygens (including phenoxy) is 1. The van der Waals surface area contributed by atoms with Crippen LogP contribution in [0.5, 0.6) is 0 Å². The van der Waals surface area contributed by atoms with Gasteiger partial charge in [0.15, 0.2) is 0 Å². The van der Waals surface area contributed by atoms with Crippen LogP contribution in [-0.4, -0.2) is 19.3 Å². The van der Waals surface area contributed by atoms with Gasteiger partial charge in [-0.25, -0.2) is 4.39 Å². The minimum atomic E-state index is -0.175. The zero-order valence-corrected chi connectivity index (χ0v) is 9.79. The zero-order valence-electron chi connectivity index (χ0n) is 9.79. The van der Waals surface area contributed by atoms with Gasteiger partial charge in [0.05, 0.1) is 12.3 Å². The minimum absolute atomic E-state index is 0.175. The summed E-state index contributed by atoms with van der Waals surface area (Å²) in [5.74, 6) is 0.312. The molecule has 0 amide bonds. The Morgan fingerprint density at radius 2 is 2.31 bits per heavy atom. The Morgan fingerprint density at radius 3 is 2.94 bits per heavy atom. The fourth-order valence-electron chi connectivity index (χ4n) is 2.05. The van der Waals surface area contributed by atoms with Crippen molar-refractivity contribution in [2.45, 2.75) is 26.3 Å². The molecule has 2 rings (SSSR count). The Bertz CT molecular complexity index is 361. The maximum absolute atomic E-state index is 13.6. The van der Waals surface area contributed by atoms with Gasteiger partial charge in [0.2, 0.25) is 0 Å². The first-order valence-corrected chi connectivity index (χ1v) is 5.77. The first-order chi connectivity index (χ1) is 7.66. The van der Waals surface area contributed by atoms with Crippen LogP contribution in [0.15, 0.2) is 18.2 Å². The predicted molar refractivity (Wildman–Crippen MR) is 63.1 cm³/mol. The van der Waals surface area contributed by atoms with E-state index < -0.39 is 0 Å². The lowest BCUT2D eigenvalue weighted by Gasteiger charge is -2.20. The van der Waals surface area contributed by atoms with Gasteiger partial charge in [0.25, 0.3) is 0 Å². The average molecular weight is 223 g/mol. The third-order valence-corrected chi connectivity index (χ3v) is 3.18. The first kappa shape index (κ1) is 11.4. The van der Waals surface area contributed by atoms with Crippen molar-refractivity contribution in [3.05, 3.63) is 29.6 Å². The third-order valence-electron chi connectivity index (χ3n) is 3.18. The van der Waals surface area contributed by atoms with E-state index in [9.17, 15) is 4.39 Å². The second-order valence-electron chi connectivity index (χ2n) is 4.54. The molecule has 0 bridgehead atoms. The highest BCUT2D eigenvalue weighted by atomic mass is 19.1. The van der Waals surface area contributed by atoms with Crippen molar-refractivity contribution in [3.8, 4) is 0 Å². The van der Waals surface area contributed by atoms with Gasteiger partial charge in [-0.1, -0.05) is 6.07 Å². The summed E-state index contributed by atoms with van der Waals surface area (Å²) in [6.45, 7) is 5.58. The third kappa shape index (κ3) is 2.53. The summed E-state index contributed by atoms with van der Waals surface area (Å²) >= 11 is 0. The number of nitrogens with one attached hydrogen (secondary N) is 1. The van der Waals surface area contributed by atoms with E-state index in [-0.39, 0.29) is 11.9 Å². The van der Waals surface area contributed by atoms with Gasteiger partial charge >= 0.3 is 0 Å². The number of hydrogen-bond acceptors (Lipinski definition) is 2. The molecule has 3 heteroatoms. The van der Waals surface area contributed by atoms with Crippen molar-refractivity contribution in [1.82, 2.24) is 0 Å². The van der Waals surface area contributed by atoms with Crippen LogP contribution in [0.1, 0.15) is 18.9 Å². The summed E-state index contributed by atoms with van der Waals surface area (Å²) in [5.41, 5.74) is 1.53. The molecule has 0 radical (unpaired) electrons. The van der Waals surface area contributed by atoms with Crippen LogP contribution in [0.3, 0.4) is 0 Å². The quantitative estimate of drug-likeness (QED) is 0.850. The summed E-state index contributed by atoms with van der Waals surface area (Å²) < 4.78 is 18.9. The summed E-state index contributed by atoms with van der Waals surface area (Å²) in [6, 6.07) is 5.53. The second kappa shape index (κ2) is 4.83. The van der Waals surface area contributed by atoms with Crippen molar-refractivity contribution in [3.63, 3.8) is 0 Å². The molecule has 0 saturated carbocycles. The van der Waals surface area contributed by atoms with Gasteiger partial charge < -0.3 is 10.1 Å². The Balaban J connectivity index is 2.02. The molecule has 1 aromatic carbocycles. The fourth-order valence-corrected chi connectivity index (χ4v) is 2.05. The monoisotopic (exact) mass is 223 g/mol. The van der Waals surface area contributed by atoms with Gasteiger partial charge in [0.1, 0.15) is 5.82 Å². The number of rotatable bonds is 3. The van der Waals surface area contributed by atoms with E-state index in [1.807, 2.05) is 13.0 Å². The van der Waals surface area contributed by atoms with E-state index >= 15 is 0 Å². The molecular formula is C13H18FNO. The van der Waals surface area contributed by atoms with Crippen LogP contribution >= 0.6 is 0 Å². The average Bonchev–Trinajstić information content (AvgIpc) is 2.75. The molecule has 1 aliphatic heterocycles. The van der Waals surface area contributed by atoms with Crippen LogP contribution in [0.25, 0.3) is 0 Å². The van der Waals surface area contributed by atoms with Crippen molar-refractivity contribution in [2.75, 3.05) is 18.5 Å². The maximum atomic E-state index is 13.6. The second-order valence-corrected chi connectivity index (χ2v) is 4.54. The summed E-state index contributed by atoms with van der Waals surface area (Å²) in [7, 11) is 0. The zero-order chi connectivity index (χ0) is 11.5. The Labute approximate surface area is 95.8 Å². The number of anilines is 1. The number of hydrogen-bond donors (Lipinski definition) is 1. The molecule has 2 unspecified atom stereocenters. The molecule has 2 nitrogen and oxygen atoms in total. The van der Waals surface area contributed by atoms with Crippen molar-refractivity contribution in [2.24, 2.45) is 5.92 Å². The van der Waals surface area contributed by atoms with Gasteiger partial charge in [-0.05, 0) is 38.0 Å². The van der Waals surface area contributed by atoms with E-state index in [1.165, 1.54) is 0 Å². The lowest BCUT2D eigenvalue weighted by Crippen LogP contribution is -2.26. The molecule has 1 heterocycles. The predicted octanol–water partition coefficient (Wildman–Crippen LogP) is 2.97. The SMILES string of the molecule is Cc1ccc(NC(C)C2CCOC2)c(F)c1. The van der Waals surface area contributed by atoms with Crippen LogP contribution in [-0.2, 0) is 4.74 Å². The number of aryl methyl sites for hydroxylation is 1. The molecule has 0 spiro atoms. The van der Waals surface area contributed by atoms with E-state index in [0.29, 0.717) is 11.6 Å². The van der Waals surface area contributed by atoms with Gasteiger partial charge in [-0.15, -0.1) is 0 Å². The van der Waals surface area contributed by atoms with Crippen molar-refractivity contribution in [1.29, 1.82) is 0 Å². The number of benzene rings is 1. The Hall–Kier alpha value is -1.09. The molecule has 1 fully saturated rings. The fraction of sp³-hybridized carbons (Fsp3) is 0.538. The molecule has 16 heavy (non-hydrogen) atoms. The highest BCUT2D eigenvalue weighted by Gasteiger charge is 2.22. The summed E-state index contributed by atoms with van der Waals surface area (Å²) in [5, 5.41) is 3.22. The largest absolute Gasteiger partial charge is 0.381 e. The van der Waals surface area contributed by atoms with Crippen LogP contribution < -0.4 is 5.32 Å². The molecule has 2 atom stereocenters. The van der Waals surface area contributed by atoms with Crippen LogP contribution in [0.4, 0.5) is 10.1 Å². The first-order valence-electron chi connectivity index (χ1n) is 5.77. The molecular weight excluding hydrogens is 205 g/mol. The van der Waals surface area contributed by atoms with Gasteiger partial charge in [0, 0.05) is 18.6 Å². The van der Waals surface area contributed by atoms with Gasteiger partial charge in [-0.2, -0.15) is 0 Å². The molecule has 1 saturated heterocycles. The Kier molecular flexibility index (Phi) is 3.44. The maximum Gasteiger partial charge on any atom is 0.146 e. The molecule has 1 aromatic rings. The van der Waals surface area contributed by atoms with E-state index in [2.05, 4.69) is 12.2 Å². The molecule has 1 aliphatic rings. The molecule has 0 aliphatic carbocycles. The minimum Gasteiger partial charge on any atom is -0.381 e. The smallest absolute Gasteiger partial charge is 0.146 e. The standard InChI is InChI=1S/C13H18FNO/c1-9-3-4-13(12(14)7-9)15-10(2)11-5-6-16-8-11/h3-4,7,10-11,15H,5-6,8H2,1-2H3. The topological polar surface area (TPSA) is 21.3 Å². The van der Waals surface area contributed by atoms with E-state index in [4.69, 9.17) is 4.74 Å². The number of halogens is 1. The van der Waals surface area contributed by atoms with Gasteiger partial charge in [-0.3, -0.25) is 0 Å². The highest BCUT2D eigenvalue weighted by molar-refractivity contribution is 5.46. The summed E-state index contributed by atoms with van der Waals surface area (Å²) in [6.07, 6.45) is 1.06. The van der Waals surface area contributed by atoms with Crippen molar-refractivity contribution < 1.29 is 9.13 Å². The van der Waals surface area contributed by atoms with E-state index in [1.54, 1.807) is 12.1 Å². The van der Waals surface area contributed by atoms with Crippen molar-refractivity contribution >= 4 is 5.69 Å². The summed E-state index contributed by atoms with van der Waals surface area (Å²) in [4.78, 5) is 0. The molecule has 0 aromatic heterocycles. The van der Waals surface area contributed by atoms with Crippen LogP contribution in [0.2, 0.25) is 0 Å². The highest BCUT2D eigenvalue weighted by Crippen LogP contribution is 2.22. The Morgan fingerprint density at radius 1 is 1.50 bits per heavy atom.